The number of carbonyl (C=O) groups is 2. The highest BCUT2D eigenvalue weighted by atomic mass is 16.5. The lowest BCUT2D eigenvalue weighted by Crippen LogP contribution is -2.36. The van der Waals surface area contributed by atoms with Gasteiger partial charge in [-0.1, -0.05) is 12.2 Å². The van der Waals surface area contributed by atoms with Gasteiger partial charge in [0.1, 0.15) is 6.61 Å². The maximum absolute atomic E-state index is 12.0. The Morgan fingerprint density at radius 2 is 1.88 bits per heavy atom. The van der Waals surface area contributed by atoms with Crippen LogP contribution in [0.5, 0.6) is 0 Å². The lowest BCUT2D eigenvalue weighted by Gasteiger charge is -2.19. The molecule has 1 saturated heterocycles. The molecule has 0 aliphatic carbocycles. The molecule has 1 atom stereocenters. The van der Waals surface area contributed by atoms with E-state index in [9.17, 15) is 9.59 Å². The summed E-state index contributed by atoms with van der Waals surface area (Å²) in [6, 6.07) is -0.166. The molecule has 6 nitrogen and oxygen atoms in total. The summed E-state index contributed by atoms with van der Waals surface area (Å²) in [5.41, 5.74) is 0.903. The Morgan fingerprint density at radius 1 is 1.25 bits per heavy atom. The van der Waals surface area contributed by atoms with Gasteiger partial charge in [0.25, 0.3) is 0 Å². The molecule has 1 aliphatic heterocycles. The number of rotatable bonds is 9. The predicted octanol–water partition coefficient (Wildman–Crippen LogP) is 1.97. The van der Waals surface area contributed by atoms with Crippen molar-refractivity contribution in [1.82, 2.24) is 10.2 Å². The molecule has 0 spiro atoms. The van der Waals surface area contributed by atoms with E-state index in [2.05, 4.69) is 31.0 Å². The van der Waals surface area contributed by atoms with Gasteiger partial charge in [0.05, 0.1) is 6.04 Å². The van der Waals surface area contributed by atoms with Gasteiger partial charge in [-0.25, -0.2) is 9.59 Å². The second-order valence-corrected chi connectivity index (χ2v) is 7.21. The average molecular weight is 338 g/mol. The van der Waals surface area contributed by atoms with Crippen LogP contribution in [-0.2, 0) is 14.3 Å². The number of carboxylic acids is 1. The number of carboxylic acid groups (broad SMARTS) is 1. The quantitative estimate of drug-likeness (QED) is 0.290. The van der Waals surface area contributed by atoms with Crippen molar-refractivity contribution in [2.45, 2.75) is 52.6 Å². The fraction of sp³-hybridized carbons (Fsp3) is 0.667. The highest BCUT2D eigenvalue weighted by Gasteiger charge is 2.27. The summed E-state index contributed by atoms with van der Waals surface area (Å²) in [6.07, 6.45) is 4.27. The van der Waals surface area contributed by atoms with E-state index < -0.39 is 5.97 Å². The fourth-order valence-corrected chi connectivity index (χ4v) is 2.10. The van der Waals surface area contributed by atoms with Gasteiger partial charge >= 0.3 is 11.9 Å². The van der Waals surface area contributed by atoms with Crippen molar-refractivity contribution in [1.29, 1.82) is 0 Å². The number of aliphatic carboxylic acids is 1. The van der Waals surface area contributed by atoms with Crippen LogP contribution in [0.3, 0.4) is 0 Å². The fourth-order valence-electron chi connectivity index (χ4n) is 2.10. The van der Waals surface area contributed by atoms with Crippen LogP contribution in [0.4, 0.5) is 0 Å². The Kier molecular flexibility index (Phi) is 7.63. The molecule has 1 unspecified atom stereocenters. The minimum atomic E-state index is -0.949. The topological polar surface area (TPSA) is 78.6 Å². The average Bonchev–Trinajstić information content (AvgIpc) is 3.30. The third-order valence-corrected chi connectivity index (χ3v) is 3.69. The molecule has 0 aromatic rings. The number of hydrogen-bond acceptors (Lipinski definition) is 5. The van der Waals surface area contributed by atoms with Gasteiger partial charge in [0.15, 0.2) is 0 Å². The summed E-state index contributed by atoms with van der Waals surface area (Å²) < 4.78 is 5.34. The van der Waals surface area contributed by atoms with E-state index in [4.69, 9.17) is 9.84 Å². The Hall–Kier alpha value is -1.66. The molecule has 136 valence electrons. The van der Waals surface area contributed by atoms with Gasteiger partial charge in [-0.15, -0.1) is 0 Å². The first-order valence-corrected chi connectivity index (χ1v) is 8.35. The summed E-state index contributed by atoms with van der Waals surface area (Å²) in [4.78, 5) is 25.0. The van der Waals surface area contributed by atoms with Gasteiger partial charge in [-0.2, -0.15) is 0 Å². The zero-order valence-electron chi connectivity index (χ0n) is 15.4. The van der Waals surface area contributed by atoms with Crippen LogP contribution < -0.4 is 5.32 Å². The number of hydrogen-bond donors (Lipinski definition) is 2. The SMILES string of the molecule is CC(=CC(COC(=O)C(C)=CCCNC(C)(C)C)N1CC1)C(=O)O. The standard InChI is InChI=1S/C18H30N2O4/c1-13(7-6-8-19-18(3,4)5)17(23)24-12-15(20-9-10-20)11-14(2)16(21)22/h7,11,15,19H,6,8-10,12H2,1-5H3,(H,21,22). The molecule has 24 heavy (non-hydrogen) atoms. The van der Waals surface area contributed by atoms with Crippen molar-refractivity contribution in [3.8, 4) is 0 Å². The summed E-state index contributed by atoms with van der Waals surface area (Å²) in [5, 5.41) is 12.3. The molecule has 1 heterocycles. The van der Waals surface area contributed by atoms with Gasteiger partial charge in [-0.3, -0.25) is 4.90 Å². The molecule has 0 amide bonds. The second kappa shape index (κ2) is 8.99. The summed E-state index contributed by atoms with van der Waals surface area (Å²) in [6.45, 7) is 12.4. The van der Waals surface area contributed by atoms with Crippen LogP contribution in [-0.4, -0.2) is 59.8 Å². The molecular formula is C18H30N2O4. The van der Waals surface area contributed by atoms with Crippen molar-refractivity contribution in [2.75, 3.05) is 26.2 Å². The third kappa shape index (κ3) is 8.26. The lowest BCUT2D eigenvalue weighted by atomic mass is 10.1. The highest BCUT2D eigenvalue weighted by molar-refractivity contribution is 5.88. The molecule has 6 heteroatoms. The first-order valence-electron chi connectivity index (χ1n) is 8.35. The maximum Gasteiger partial charge on any atom is 0.333 e. The molecule has 0 aromatic carbocycles. The largest absolute Gasteiger partial charge is 0.478 e. The van der Waals surface area contributed by atoms with Gasteiger partial charge in [0.2, 0.25) is 0 Å². The minimum Gasteiger partial charge on any atom is -0.478 e. The third-order valence-electron chi connectivity index (χ3n) is 3.69. The summed E-state index contributed by atoms with van der Waals surface area (Å²) in [5.74, 6) is -1.30. The van der Waals surface area contributed by atoms with Crippen LogP contribution in [0.25, 0.3) is 0 Å². The number of ether oxygens (including phenoxy) is 1. The van der Waals surface area contributed by atoms with E-state index in [1.807, 2.05) is 6.08 Å². The van der Waals surface area contributed by atoms with Crippen molar-refractivity contribution >= 4 is 11.9 Å². The molecule has 2 N–H and O–H groups in total. The summed E-state index contributed by atoms with van der Waals surface area (Å²) in [7, 11) is 0. The number of nitrogens with one attached hydrogen (secondary N) is 1. The van der Waals surface area contributed by atoms with Crippen molar-refractivity contribution in [3.05, 3.63) is 23.3 Å². The highest BCUT2D eigenvalue weighted by Crippen LogP contribution is 2.15. The Labute approximate surface area is 144 Å². The van der Waals surface area contributed by atoms with E-state index in [1.165, 1.54) is 0 Å². The predicted molar refractivity (Wildman–Crippen MR) is 93.8 cm³/mol. The molecule has 1 fully saturated rings. The van der Waals surface area contributed by atoms with Crippen LogP contribution in [0.2, 0.25) is 0 Å². The zero-order valence-corrected chi connectivity index (χ0v) is 15.4. The molecule has 0 saturated carbocycles. The first kappa shape index (κ1) is 20.4. The number of nitrogens with zero attached hydrogens (tertiary/aromatic N) is 1. The van der Waals surface area contributed by atoms with Crippen LogP contribution in [0.1, 0.15) is 41.0 Å². The van der Waals surface area contributed by atoms with Gasteiger partial charge < -0.3 is 15.2 Å². The van der Waals surface area contributed by atoms with Crippen LogP contribution >= 0.6 is 0 Å². The Balaban J connectivity index is 2.45. The molecule has 1 aliphatic rings. The molecule has 1 rings (SSSR count). The first-order chi connectivity index (χ1) is 11.1. The minimum absolute atomic E-state index is 0.0581. The van der Waals surface area contributed by atoms with E-state index in [-0.39, 0.29) is 29.7 Å². The zero-order chi connectivity index (χ0) is 18.3. The van der Waals surface area contributed by atoms with Crippen LogP contribution in [0, 0.1) is 0 Å². The van der Waals surface area contributed by atoms with Crippen molar-refractivity contribution in [3.63, 3.8) is 0 Å². The maximum atomic E-state index is 12.0. The smallest absolute Gasteiger partial charge is 0.333 e. The van der Waals surface area contributed by atoms with Gasteiger partial charge in [0, 0.05) is 29.8 Å². The van der Waals surface area contributed by atoms with E-state index in [0.717, 1.165) is 26.1 Å². The Morgan fingerprint density at radius 3 is 2.38 bits per heavy atom. The monoisotopic (exact) mass is 338 g/mol. The lowest BCUT2D eigenvalue weighted by molar-refractivity contribution is -0.139. The Bertz CT molecular complexity index is 514. The van der Waals surface area contributed by atoms with E-state index in [1.54, 1.807) is 19.9 Å². The molecule has 0 bridgehead atoms. The molecular weight excluding hydrogens is 308 g/mol. The second-order valence-electron chi connectivity index (χ2n) is 7.21. The molecule has 0 radical (unpaired) electrons. The number of carbonyl (C=O) groups excluding carboxylic acids is 1. The van der Waals surface area contributed by atoms with Gasteiger partial charge in [-0.05, 0) is 47.6 Å². The number of esters is 1. The van der Waals surface area contributed by atoms with E-state index in [0.29, 0.717) is 5.57 Å². The molecule has 0 aromatic heterocycles. The van der Waals surface area contributed by atoms with E-state index >= 15 is 0 Å². The normalized spacial score (nSPS) is 17.5. The van der Waals surface area contributed by atoms with Crippen molar-refractivity contribution in [2.24, 2.45) is 0 Å². The van der Waals surface area contributed by atoms with Crippen LogP contribution in [0.15, 0.2) is 23.3 Å². The summed E-state index contributed by atoms with van der Waals surface area (Å²) >= 11 is 0. The van der Waals surface area contributed by atoms with Crippen molar-refractivity contribution < 1.29 is 19.4 Å².